The van der Waals surface area contributed by atoms with E-state index >= 15 is 0 Å². The molecule has 0 bridgehead atoms. The third-order valence-corrected chi connectivity index (χ3v) is 4.72. The molecule has 0 unspecified atom stereocenters. The summed E-state index contributed by atoms with van der Waals surface area (Å²) in [5.74, 6) is -0.279. The third kappa shape index (κ3) is 3.52. The summed E-state index contributed by atoms with van der Waals surface area (Å²) in [6.07, 6.45) is 0. The predicted molar refractivity (Wildman–Crippen MR) is 80.1 cm³/mol. The van der Waals surface area contributed by atoms with Crippen LogP contribution in [-0.2, 0) is 14.8 Å². The van der Waals surface area contributed by atoms with Crippen LogP contribution < -0.4 is 9.46 Å². The number of sulfonamides is 1. The van der Waals surface area contributed by atoms with Crippen LogP contribution in [0.4, 0.5) is 0 Å². The third-order valence-electron chi connectivity index (χ3n) is 3.05. The summed E-state index contributed by atoms with van der Waals surface area (Å²) in [6, 6.07) is 6.99. The van der Waals surface area contributed by atoms with E-state index in [9.17, 15) is 13.2 Å². The van der Waals surface area contributed by atoms with E-state index in [-0.39, 0.29) is 4.90 Å². The zero-order chi connectivity index (χ0) is 16.3. The standard InChI is InChI=1S/C14H17N3O4S/c1-9-6-4-5-7-12(9)21-13(18)8-15-22(19,20)14-10(2)16-17-11(14)3/h4-7,15H,8H2,1-3H3,(H,16,17). The molecule has 0 atom stereocenters. The Morgan fingerprint density at radius 3 is 2.55 bits per heavy atom. The fraction of sp³-hybridized carbons (Fsp3) is 0.286. The largest absolute Gasteiger partial charge is 0.425 e. The Morgan fingerprint density at radius 1 is 1.27 bits per heavy atom. The highest BCUT2D eigenvalue weighted by atomic mass is 32.2. The summed E-state index contributed by atoms with van der Waals surface area (Å²) in [5, 5.41) is 6.42. The average molecular weight is 323 g/mol. The van der Waals surface area contributed by atoms with E-state index in [0.29, 0.717) is 17.1 Å². The van der Waals surface area contributed by atoms with E-state index in [1.165, 1.54) is 0 Å². The molecule has 0 spiro atoms. The first-order valence-corrected chi connectivity index (χ1v) is 8.07. The van der Waals surface area contributed by atoms with Gasteiger partial charge in [0.2, 0.25) is 10.0 Å². The lowest BCUT2D eigenvalue weighted by molar-refractivity contribution is -0.133. The van der Waals surface area contributed by atoms with Crippen molar-refractivity contribution in [1.29, 1.82) is 0 Å². The van der Waals surface area contributed by atoms with E-state index in [0.717, 1.165) is 5.56 Å². The Bertz CT molecular complexity index is 777. The number of carbonyl (C=O) groups is 1. The van der Waals surface area contributed by atoms with Crippen molar-refractivity contribution in [1.82, 2.24) is 14.9 Å². The Morgan fingerprint density at radius 2 is 1.95 bits per heavy atom. The first-order valence-electron chi connectivity index (χ1n) is 6.59. The summed E-state index contributed by atoms with van der Waals surface area (Å²) < 4.78 is 31.7. The number of aromatic nitrogens is 2. The van der Waals surface area contributed by atoms with Crippen molar-refractivity contribution in [2.45, 2.75) is 25.7 Å². The fourth-order valence-corrected chi connectivity index (χ4v) is 3.33. The van der Waals surface area contributed by atoms with Gasteiger partial charge in [0.1, 0.15) is 17.2 Å². The van der Waals surface area contributed by atoms with Crippen molar-refractivity contribution in [2.75, 3.05) is 6.54 Å². The van der Waals surface area contributed by atoms with Crippen molar-refractivity contribution < 1.29 is 17.9 Å². The Kier molecular flexibility index (Phi) is 4.62. The van der Waals surface area contributed by atoms with Crippen LogP contribution in [0.2, 0.25) is 0 Å². The molecule has 118 valence electrons. The van der Waals surface area contributed by atoms with Gasteiger partial charge in [-0.25, -0.2) is 8.42 Å². The van der Waals surface area contributed by atoms with Gasteiger partial charge in [-0.3, -0.25) is 9.89 Å². The van der Waals surface area contributed by atoms with Gasteiger partial charge in [0, 0.05) is 0 Å². The summed E-state index contributed by atoms with van der Waals surface area (Å²) in [6.45, 7) is 4.51. The number of hydrogen-bond acceptors (Lipinski definition) is 5. The van der Waals surface area contributed by atoms with Gasteiger partial charge in [-0.2, -0.15) is 9.82 Å². The lowest BCUT2D eigenvalue weighted by Crippen LogP contribution is -2.32. The molecule has 1 heterocycles. The number of hydrogen-bond donors (Lipinski definition) is 2. The maximum absolute atomic E-state index is 12.2. The number of nitrogens with one attached hydrogen (secondary N) is 2. The molecule has 0 aliphatic rings. The first-order chi connectivity index (χ1) is 10.3. The molecule has 2 aromatic rings. The Hall–Kier alpha value is -2.19. The van der Waals surface area contributed by atoms with Crippen LogP contribution in [0.25, 0.3) is 0 Å². The van der Waals surface area contributed by atoms with E-state index in [1.807, 2.05) is 6.07 Å². The number of nitrogens with zero attached hydrogens (tertiary/aromatic N) is 1. The van der Waals surface area contributed by atoms with E-state index in [2.05, 4.69) is 14.9 Å². The van der Waals surface area contributed by atoms with Crippen molar-refractivity contribution in [3.05, 3.63) is 41.2 Å². The van der Waals surface area contributed by atoms with Crippen LogP contribution in [-0.4, -0.2) is 31.1 Å². The molecular formula is C14H17N3O4S. The molecule has 8 heteroatoms. The van der Waals surface area contributed by atoms with Gasteiger partial charge in [-0.05, 0) is 32.4 Å². The zero-order valence-corrected chi connectivity index (χ0v) is 13.3. The molecule has 0 saturated carbocycles. The molecule has 1 aromatic carbocycles. The van der Waals surface area contributed by atoms with E-state index < -0.39 is 22.5 Å². The minimum Gasteiger partial charge on any atom is -0.425 e. The molecule has 0 radical (unpaired) electrons. The average Bonchev–Trinajstić information content (AvgIpc) is 2.79. The highest BCUT2D eigenvalue weighted by molar-refractivity contribution is 7.89. The van der Waals surface area contributed by atoms with Crippen molar-refractivity contribution in [3.8, 4) is 5.75 Å². The van der Waals surface area contributed by atoms with Crippen LogP contribution in [0, 0.1) is 20.8 Å². The Labute approximate surface area is 128 Å². The number of ether oxygens (including phenoxy) is 1. The Balaban J connectivity index is 2.04. The van der Waals surface area contributed by atoms with Gasteiger partial charge in [0.25, 0.3) is 0 Å². The fourth-order valence-electron chi connectivity index (χ4n) is 1.99. The summed E-state index contributed by atoms with van der Waals surface area (Å²) in [5.41, 5.74) is 1.55. The smallest absolute Gasteiger partial charge is 0.326 e. The SMILES string of the molecule is Cc1ccccc1OC(=O)CNS(=O)(=O)c1c(C)n[nH]c1C. The second-order valence-corrected chi connectivity index (χ2v) is 6.53. The normalized spacial score (nSPS) is 11.4. The summed E-state index contributed by atoms with van der Waals surface area (Å²) in [7, 11) is -3.82. The molecule has 0 saturated heterocycles. The van der Waals surface area contributed by atoms with Gasteiger partial charge in [0.15, 0.2) is 0 Å². The lowest BCUT2D eigenvalue weighted by atomic mass is 10.2. The second kappa shape index (κ2) is 6.29. The second-order valence-electron chi connectivity index (χ2n) is 4.83. The maximum atomic E-state index is 12.2. The number of rotatable bonds is 5. The molecule has 0 aliphatic heterocycles. The van der Waals surface area contributed by atoms with Crippen LogP contribution in [0.3, 0.4) is 0 Å². The molecule has 1 aromatic heterocycles. The van der Waals surface area contributed by atoms with Crippen molar-refractivity contribution in [2.24, 2.45) is 0 Å². The molecule has 0 aliphatic carbocycles. The minimum absolute atomic E-state index is 0.0520. The van der Waals surface area contributed by atoms with Gasteiger partial charge in [0.05, 0.1) is 11.4 Å². The molecular weight excluding hydrogens is 306 g/mol. The van der Waals surface area contributed by atoms with Crippen molar-refractivity contribution in [3.63, 3.8) is 0 Å². The molecule has 2 N–H and O–H groups in total. The number of H-pyrrole nitrogens is 1. The number of carbonyl (C=O) groups excluding carboxylic acids is 1. The highest BCUT2D eigenvalue weighted by Gasteiger charge is 2.23. The van der Waals surface area contributed by atoms with Crippen LogP contribution in [0.15, 0.2) is 29.2 Å². The van der Waals surface area contributed by atoms with Crippen LogP contribution in [0.5, 0.6) is 5.75 Å². The van der Waals surface area contributed by atoms with Crippen molar-refractivity contribution >= 4 is 16.0 Å². The number of aromatic amines is 1. The highest BCUT2D eigenvalue weighted by Crippen LogP contribution is 2.17. The molecule has 2 rings (SSSR count). The number of aryl methyl sites for hydroxylation is 3. The van der Waals surface area contributed by atoms with Gasteiger partial charge in [-0.1, -0.05) is 18.2 Å². The van der Waals surface area contributed by atoms with E-state index in [4.69, 9.17) is 4.74 Å². The van der Waals surface area contributed by atoms with Gasteiger partial charge >= 0.3 is 5.97 Å². The summed E-state index contributed by atoms with van der Waals surface area (Å²) in [4.78, 5) is 11.8. The number of esters is 1. The summed E-state index contributed by atoms with van der Waals surface area (Å²) >= 11 is 0. The number of para-hydroxylation sites is 1. The molecule has 22 heavy (non-hydrogen) atoms. The number of benzene rings is 1. The van der Waals surface area contributed by atoms with Gasteiger partial charge < -0.3 is 4.74 Å². The quantitative estimate of drug-likeness (QED) is 0.636. The monoisotopic (exact) mass is 323 g/mol. The zero-order valence-electron chi connectivity index (χ0n) is 12.5. The van der Waals surface area contributed by atoms with Crippen LogP contribution >= 0.6 is 0 Å². The first kappa shape index (κ1) is 16.2. The molecule has 0 amide bonds. The maximum Gasteiger partial charge on any atom is 0.326 e. The van der Waals surface area contributed by atoms with Gasteiger partial charge in [-0.15, -0.1) is 0 Å². The predicted octanol–water partition coefficient (Wildman–Crippen LogP) is 1.22. The topological polar surface area (TPSA) is 101 Å². The van der Waals surface area contributed by atoms with Crippen LogP contribution in [0.1, 0.15) is 17.0 Å². The minimum atomic E-state index is -3.82. The lowest BCUT2D eigenvalue weighted by Gasteiger charge is -2.08. The van der Waals surface area contributed by atoms with E-state index in [1.54, 1.807) is 39.0 Å². The molecule has 0 fully saturated rings. The molecule has 7 nitrogen and oxygen atoms in total.